The fourth-order valence-electron chi connectivity index (χ4n) is 1.33. The van der Waals surface area contributed by atoms with Gasteiger partial charge in [-0.25, -0.2) is 0 Å². The number of aryl methyl sites for hydroxylation is 1. The van der Waals surface area contributed by atoms with E-state index in [0.717, 1.165) is 0 Å². The number of ether oxygens (including phenoxy) is 1. The minimum atomic E-state index is 0.124. The van der Waals surface area contributed by atoms with Crippen molar-refractivity contribution in [3.8, 4) is 0 Å². The molecule has 1 heterocycles. The van der Waals surface area contributed by atoms with Gasteiger partial charge in [0.25, 0.3) is 0 Å². The zero-order chi connectivity index (χ0) is 7.90. The molecule has 60 valence electrons. The van der Waals surface area contributed by atoms with E-state index in [1.54, 1.807) is 0 Å². The Bertz CT molecular complexity index is 260. The van der Waals surface area contributed by atoms with Gasteiger partial charge in [0, 0.05) is 12.0 Å². The second-order valence-electron chi connectivity index (χ2n) is 3.19. The topological polar surface area (TPSA) is 9.23 Å². The van der Waals surface area contributed by atoms with Crippen LogP contribution in [0.15, 0.2) is 11.4 Å². The summed E-state index contributed by atoms with van der Waals surface area (Å²) in [6.07, 6.45) is 2.40. The minimum Gasteiger partial charge on any atom is -0.373 e. The summed E-state index contributed by atoms with van der Waals surface area (Å²) in [7, 11) is 1.81. The van der Waals surface area contributed by atoms with Crippen molar-refractivity contribution in [1.29, 1.82) is 0 Å². The fourth-order valence-corrected chi connectivity index (χ4v) is 2.47. The second kappa shape index (κ2) is 2.32. The van der Waals surface area contributed by atoms with Gasteiger partial charge in [-0.05, 0) is 36.8 Å². The minimum absolute atomic E-state index is 0.124. The van der Waals surface area contributed by atoms with Crippen LogP contribution in [0.4, 0.5) is 0 Å². The van der Waals surface area contributed by atoms with Crippen LogP contribution in [0.2, 0.25) is 0 Å². The second-order valence-corrected chi connectivity index (χ2v) is 4.10. The Labute approximate surface area is 71.0 Å². The first-order chi connectivity index (χ1) is 5.27. The van der Waals surface area contributed by atoms with Gasteiger partial charge < -0.3 is 4.74 Å². The highest BCUT2D eigenvalue weighted by Gasteiger charge is 2.45. The molecule has 1 aromatic rings. The van der Waals surface area contributed by atoms with Gasteiger partial charge >= 0.3 is 0 Å². The van der Waals surface area contributed by atoms with Crippen LogP contribution in [0.3, 0.4) is 0 Å². The molecule has 0 spiro atoms. The molecule has 2 heteroatoms. The number of methoxy groups -OCH3 is 1. The van der Waals surface area contributed by atoms with Crippen molar-refractivity contribution in [2.24, 2.45) is 0 Å². The highest BCUT2D eigenvalue weighted by Crippen LogP contribution is 2.50. The summed E-state index contributed by atoms with van der Waals surface area (Å²) >= 11 is 1.82. The monoisotopic (exact) mass is 168 g/mol. The highest BCUT2D eigenvalue weighted by atomic mass is 32.1. The van der Waals surface area contributed by atoms with Gasteiger partial charge in [-0.15, -0.1) is 11.3 Å². The van der Waals surface area contributed by atoms with Crippen LogP contribution in [0.5, 0.6) is 0 Å². The molecule has 0 unspecified atom stereocenters. The van der Waals surface area contributed by atoms with Gasteiger partial charge in [0.05, 0.1) is 0 Å². The molecule has 0 atom stereocenters. The predicted molar refractivity (Wildman–Crippen MR) is 47.0 cm³/mol. The first kappa shape index (κ1) is 7.32. The molecular formula is C9H12OS. The van der Waals surface area contributed by atoms with Crippen molar-refractivity contribution in [1.82, 2.24) is 0 Å². The molecule has 1 saturated carbocycles. The largest absolute Gasteiger partial charge is 0.373 e. The van der Waals surface area contributed by atoms with Crippen LogP contribution in [0.1, 0.15) is 23.3 Å². The SMILES string of the molecule is COC1(c2cc(C)cs2)CC1. The summed E-state index contributed by atoms with van der Waals surface area (Å²) in [6, 6.07) is 2.24. The normalized spacial score (nSPS) is 20.2. The maximum Gasteiger partial charge on any atom is 0.102 e. The molecule has 0 aliphatic heterocycles. The molecule has 0 saturated heterocycles. The number of hydrogen-bond donors (Lipinski definition) is 0. The lowest BCUT2D eigenvalue weighted by atomic mass is 10.2. The molecule has 0 aromatic carbocycles. The molecule has 11 heavy (non-hydrogen) atoms. The van der Waals surface area contributed by atoms with E-state index in [0.29, 0.717) is 0 Å². The van der Waals surface area contributed by atoms with Gasteiger partial charge in [0.1, 0.15) is 5.60 Å². The molecule has 1 aromatic heterocycles. The third-order valence-corrected chi connectivity index (χ3v) is 3.51. The molecule has 1 fully saturated rings. The maximum atomic E-state index is 5.46. The zero-order valence-electron chi connectivity index (χ0n) is 6.89. The van der Waals surface area contributed by atoms with Gasteiger partial charge in [0.2, 0.25) is 0 Å². The van der Waals surface area contributed by atoms with Crippen LogP contribution in [-0.4, -0.2) is 7.11 Å². The first-order valence-corrected chi connectivity index (χ1v) is 4.75. The fraction of sp³-hybridized carbons (Fsp3) is 0.556. The van der Waals surface area contributed by atoms with Crippen molar-refractivity contribution >= 4 is 11.3 Å². The molecule has 1 aliphatic rings. The Balaban J connectivity index is 2.29. The summed E-state index contributed by atoms with van der Waals surface area (Å²) in [5.74, 6) is 0. The summed E-state index contributed by atoms with van der Waals surface area (Å²) < 4.78 is 5.46. The van der Waals surface area contributed by atoms with E-state index in [9.17, 15) is 0 Å². The van der Waals surface area contributed by atoms with Gasteiger partial charge in [-0.1, -0.05) is 0 Å². The van der Waals surface area contributed by atoms with E-state index in [4.69, 9.17) is 4.74 Å². The molecule has 1 nitrogen and oxygen atoms in total. The standard InChI is InChI=1S/C9H12OS/c1-7-5-8(11-6-7)9(10-2)3-4-9/h5-6H,3-4H2,1-2H3. The number of rotatable bonds is 2. The first-order valence-electron chi connectivity index (χ1n) is 3.88. The molecule has 1 aliphatic carbocycles. The van der Waals surface area contributed by atoms with Crippen LogP contribution in [0.25, 0.3) is 0 Å². The van der Waals surface area contributed by atoms with E-state index < -0.39 is 0 Å². The Kier molecular flexibility index (Phi) is 1.55. The number of thiophene rings is 1. The summed E-state index contributed by atoms with van der Waals surface area (Å²) in [6.45, 7) is 2.13. The molecule has 0 radical (unpaired) electrons. The van der Waals surface area contributed by atoms with Gasteiger partial charge in [0.15, 0.2) is 0 Å². The Morgan fingerprint density at radius 2 is 2.27 bits per heavy atom. The quantitative estimate of drug-likeness (QED) is 0.659. The average Bonchev–Trinajstić information content (AvgIpc) is 2.70. The van der Waals surface area contributed by atoms with Gasteiger partial charge in [-0.3, -0.25) is 0 Å². The van der Waals surface area contributed by atoms with E-state index in [2.05, 4.69) is 18.4 Å². The third-order valence-electron chi connectivity index (χ3n) is 2.27. The van der Waals surface area contributed by atoms with Crippen LogP contribution < -0.4 is 0 Å². The lowest BCUT2D eigenvalue weighted by Crippen LogP contribution is -2.05. The Hall–Kier alpha value is -0.340. The summed E-state index contributed by atoms with van der Waals surface area (Å²) in [5.41, 5.74) is 1.48. The van der Waals surface area contributed by atoms with E-state index >= 15 is 0 Å². The van der Waals surface area contributed by atoms with Crippen molar-refractivity contribution in [3.05, 3.63) is 21.9 Å². The Morgan fingerprint density at radius 3 is 2.64 bits per heavy atom. The van der Waals surface area contributed by atoms with E-state index in [1.165, 1.54) is 23.3 Å². The Morgan fingerprint density at radius 1 is 1.55 bits per heavy atom. The predicted octanol–water partition coefficient (Wildman–Crippen LogP) is 2.69. The van der Waals surface area contributed by atoms with E-state index in [1.807, 2.05) is 18.4 Å². The number of hydrogen-bond acceptors (Lipinski definition) is 2. The highest BCUT2D eigenvalue weighted by molar-refractivity contribution is 7.10. The maximum absolute atomic E-state index is 5.46. The van der Waals surface area contributed by atoms with Crippen molar-refractivity contribution in [2.45, 2.75) is 25.4 Å². The average molecular weight is 168 g/mol. The zero-order valence-corrected chi connectivity index (χ0v) is 7.70. The van der Waals surface area contributed by atoms with Crippen LogP contribution in [0, 0.1) is 6.92 Å². The lowest BCUT2D eigenvalue weighted by molar-refractivity contribution is 0.0820. The van der Waals surface area contributed by atoms with E-state index in [-0.39, 0.29) is 5.60 Å². The molecule has 2 rings (SSSR count). The molecule has 0 N–H and O–H groups in total. The summed E-state index contributed by atoms with van der Waals surface area (Å²) in [5, 5.41) is 2.19. The lowest BCUT2D eigenvalue weighted by Gasteiger charge is -2.09. The summed E-state index contributed by atoms with van der Waals surface area (Å²) in [4.78, 5) is 1.40. The van der Waals surface area contributed by atoms with Crippen molar-refractivity contribution < 1.29 is 4.74 Å². The van der Waals surface area contributed by atoms with Crippen LogP contribution in [-0.2, 0) is 10.3 Å². The van der Waals surface area contributed by atoms with Gasteiger partial charge in [-0.2, -0.15) is 0 Å². The molecular weight excluding hydrogens is 156 g/mol. The van der Waals surface area contributed by atoms with Crippen molar-refractivity contribution in [2.75, 3.05) is 7.11 Å². The van der Waals surface area contributed by atoms with Crippen molar-refractivity contribution in [3.63, 3.8) is 0 Å². The molecule has 0 amide bonds. The smallest absolute Gasteiger partial charge is 0.102 e. The van der Waals surface area contributed by atoms with Crippen LogP contribution >= 0.6 is 11.3 Å². The molecule has 0 bridgehead atoms. The third kappa shape index (κ3) is 1.10.